The summed E-state index contributed by atoms with van der Waals surface area (Å²) in [7, 11) is 1.30. The molecule has 8 nitrogen and oxygen atoms in total. The predicted octanol–water partition coefficient (Wildman–Crippen LogP) is 0.921. The second kappa shape index (κ2) is 6.37. The molecule has 0 saturated carbocycles. The van der Waals surface area contributed by atoms with Crippen LogP contribution >= 0.6 is 0 Å². The smallest absolute Gasteiger partial charge is 0.350 e. The lowest BCUT2D eigenvalue weighted by molar-refractivity contribution is -0.117. The van der Waals surface area contributed by atoms with Crippen molar-refractivity contribution in [1.82, 2.24) is 14.2 Å². The fourth-order valence-electron chi connectivity index (χ4n) is 2.22. The van der Waals surface area contributed by atoms with Gasteiger partial charge in [-0.1, -0.05) is 6.07 Å². The number of nitrogens with one attached hydrogen (secondary N) is 1. The Kier molecular flexibility index (Phi) is 4.11. The minimum Gasteiger partial charge on any atom is -0.465 e. The van der Waals surface area contributed by atoms with Crippen LogP contribution in [0.2, 0.25) is 0 Å². The summed E-state index contributed by atoms with van der Waals surface area (Å²) in [6, 6.07) is 11.4. The number of hydrogen-bond donors (Lipinski definition) is 1. The molecule has 0 unspecified atom stereocenters. The highest BCUT2D eigenvalue weighted by molar-refractivity contribution is 5.92. The first-order chi connectivity index (χ1) is 11.6. The zero-order valence-corrected chi connectivity index (χ0v) is 12.8. The number of rotatable bonds is 4. The maximum absolute atomic E-state index is 12.1. The molecule has 2 heterocycles. The number of pyridine rings is 1. The van der Waals surface area contributed by atoms with E-state index in [1.807, 2.05) is 0 Å². The van der Waals surface area contributed by atoms with E-state index >= 15 is 0 Å². The lowest BCUT2D eigenvalue weighted by atomic mass is 10.2. The number of nitrogens with zero attached hydrogens (tertiary/aromatic N) is 3. The molecule has 0 atom stereocenters. The average Bonchev–Trinajstić information content (AvgIpc) is 2.91. The summed E-state index contributed by atoms with van der Waals surface area (Å²) in [5.41, 5.74) is 0.969. The summed E-state index contributed by atoms with van der Waals surface area (Å²) in [5.74, 6) is -0.851. The van der Waals surface area contributed by atoms with Crippen molar-refractivity contribution >= 4 is 23.2 Å². The van der Waals surface area contributed by atoms with Crippen molar-refractivity contribution < 1.29 is 14.3 Å². The molecular weight excluding hydrogens is 312 g/mol. The van der Waals surface area contributed by atoms with Crippen LogP contribution in [0.25, 0.3) is 5.65 Å². The molecule has 1 amide bonds. The number of ether oxygens (including phenoxy) is 1. The van der Waals surface area contributed by atoms with Gasteiger partial charge in [-0.3, -0.25) is 9.20 Å². The Morgan fingerprint density at radius 1 is 1.17 bits per heavy atom. The minimum atomic E-state index is -0.455. The Morgan fingerprint density at radius 2 is 1.92 bits per heavy atom. The van der Waals surface area contributed by atoms with Gasteiger partial charge in [0.2, 0.25) is 5.91 Å². The van der Waals surface area contributed by atoms with Crippen LogP contribution in [-0.4, -0.2) is 33.2 Å². The van der Waals surface area contributed by atoms with Gasteiger partial charge >= 0.3 is 11.7 Å². The number of fused-ring (bicyclic) bond motifs is 1. The van der Waals surface area contributed by atoms with Crippen LogP contribution in [0.1, 0.15) is 10.4 Å². The maximum atomic E-state index is 12.1. The number of carbonyl (C=O) groups excluding carboxylic acids is 2. The van der Waals surface area contributed by atoms with Crippen LogP contribution in [0.5, 0.6) is 0 Å². The molecular formula is C16H14N4O4. The highest BCUT2D eigenvalue weighted by Gasteiger charge is 2.11. The Bertz CT molecular complexity index is 956. The normalized spacial score (nSPS) is 10.5. The van der Waals surface area contributed by atoms with Gasteiger partial charge in [-0.05, 0) is 36.4 Å². The zero-order chi connectivity index (χ0) is 17.1. The largest absolute Gasteiger partial charge is 0.465 e. The van der Waals surface area contributed by atoms with E-state index in [4.69, 9.17) is 0 Å². The minimum absolute atomic E-state index is 0.209. The standard InChI is InChI=1S/C16H14N4O4/c1-24-15(22)11-5-7-12(8-6-11)17-14(21)10-20-16(23)19-9-3-2-4-13(19)18-20/h2-9H,10H2,1H3,(H,17,21). The summed E-state index contributed by atoms with van der Waals surface area (Å²) >= 11 is 0. The molecule has 0 bridgehead atoms. The molecule has 3 rings (SSSR count). The van der Waals surface area contributed by atoms with E-state index in [1.54, 1.807) is 48.7 Å². The molecule has 2 aromatic heterocycles. The highest BCUT2D eigenvalue weighted by Crippen LogP contribution is 2.10. The Labute approximate surface area is 136 Å². The quantitative estimate of drug-likeness (QED) is 0.720. The first kappa shape index (κ1) is 15.5. The first-order valence-electron chi connectivity index (χ1n) is 7.11. The number of carbonyl (C=O) groups is 2. The van der Waals surface area contributed by atoms with Crippen molar-refractivity contribution in [3.63, 3.8) is 0 Å². The molecule has 8 heteroatoms. The first-order valence-corrected chi connectivity index (χ1v) is 7.11. The molecule has 1 N–H and O–H groups in total. The molecule has 0 fully saturated rings. The van der Waals surface area contributed by atoms with Gasteiger partial charge in [-0.15, -0.1) is 5.10 Å². The van der Waals surface area contributed by atoms with Crippen LogP contribution in [-0.2, 0) is 16.1 Å². The van der Waals surface area contributed by atoms with Crippen molar-refractivity contribution in [1.29, 1.82) is 0 Å². The molecule has 3 aromatic rings. The van der Waals surface area contributed by atoms with E-state index in [1.165, 1.54) is 11.5 Å². The van der Waals surface area contributed by atoms with E-state index in [0.29, 0.717) is 16.9 Å². The van der Waals surface area contributed by atoms with Gasteiger partial charge in [0.05, 0.1) is 12.7 Å². The topological polar surface area (TPSA) is 94.7 Å². The Hall–Kier alpha value is -3.42. The number of aromatic nitrogens is 3. The van der Waals surface area contributed by atoms with Gasteiger partial charge in [0.15, 0.2) is 5.65 Å². The molecule has 0 saturated heterocycles. The molecule has 0 aliphatic carbocycles. The van der Waals surface area contributed by atoms with Gasteiger partial charge in [-0.2, -0.15) is 0 Å². The monoisotopic (exact) mass is 326 g/mol. The maximum Gasteiger partial charge on any atom is 0.350 e. The van der Waals surface area contributed by atoms with Crippen LogP contribution in [0.15, 0.2) is 53.5 Å². The third kappa shape index (κ3) is 3.02. The molecule has 0 aliphatic heterocycles. The molecule has 0 radical (unpaired) electrons. The number of anilines is 1. The third-order valence-corrected chi connectivity index (χ3v) is 3.37. The number of hydrogen-bond acceptors (Lipinski definition) is 5. The molecule has 1 aromatic carbocycles. The average molecular weight is 326 g/mol. The second-order valence-electron chi connectivity index (χ2n) is 4.99. The van der Waals surface area contributed by atoms with E-state index in [0.717, 1.165) is 4.68 Å². The fourth-order valence-corrected chi connectivity index (χ4v) is 2.22. The van der Waals surface area contributed by atoms with Crippen molar-refractivity contribution in [3.05, 3.63) is 64.7 Å². The van der Waals surface area contributed by atoms with Crippen LogP contribution in [0.3, 0.4) is 0 Å². The summed E-state index contributed by atoms with van der Waals surface area (Å²) in [6.45, 7) is -0.209. The van der Waals surface area contributed by atoms with Gasteiger partial charge in [-0.25, -0.2) is 14.3 Å². The van der Waals surface area contributed by atoms with E-state index in [-0.39, 0.29) is 12.2 Å². The second-order valence-corrected chi connectivity index (χ2v) is 4.99. The number of benzene rings is 1. The molecule has 122 valence electrons. The fraction of sp³-hybridized carbons (Fsp3) is 0.125. The van der Waals surface area contributed by atoms with Crippen molar-refractivity contribution in [2.24, 2.45) is 0 Å². The van der Waals surface area contributed by atoms with Crippen LogP contribution in [0, 0.1) is 0 Å². The Balaban J connectivity index is 1.72. The van der Waals surface area contributed by atoms with Crippen molar-refractivity contribution in [3.8, 4) is 0 Å². The van der Waals surface area contributed by atoms with E-state index in [9.17, 15) is 14.4 Å². The summed E-state index contributed by atoms with van der Waals surface area (Å²) in [6.07, 6.45) is 1.59. The number of methoxy groups -OCH3 is 1. The van der Waals surface area contributed by atoms with Crippen molar-refractivity contribution in [2.45, 2.75) is 6.54 Å². The molecule has 0 spiro atoms. The third-order valence-electron chi connectivity index (χ3n) is 3.37. The van der Waals surface area contributed by atoms with Gasteiger partial charge in [0.1, 0.15) is 6.54 Å². The highest BCUT2D eigenvalue weighted by atomic mass is 16.5. The summed E-state index contributed by atoms with van der Waals surface area (Å²) in [4.78, 5) is 35.5. The van der Waals surface area contributed by atoms with Gasteiger partial charge in [0.25, 0.3) is 0 Å². The molecule has 24 heavy (non-hydrogen) atoms. The van der Waals surface area contributed by atoms with E-state index < -0.39 is 11.9 Å². The SMILES string of the molecule is COC(=O)c1ccc(NC(=O)Cn2nc3ccccn3c2=O)cc1. The van der Waals surface area contributed by atoms with Gasteiger partial charge in [0, 0.05) is 11.9 Å². The van der Waals surface area contributed by atoms with E-state index in [2.05, 4.69) is 15.2 Å². The lowest BCUT2D eigenvalue weighted by Crippen LogP contribution is -2.28. The lowest BCUT2D eigenvalue weighted by Gasteiger charge is -2.05. The summed E-state index contributed by atoms with van der Waals surface area (Å²) < 4.78 is 7.05. The summed E-state index contributed by atoms with van der Waals surface area (Å²) in [5, 5.41) is 6.73. The Morgan fingerprint density at radius 3 is 2.58 bits per heavy atom. The predicted molar refractivity (Wildman–Crippen MR) is 85.9 cm³/mol. The zero-order valence-electron chi connectivity index (χ0n) is 12.8. The van der Waals surface area contributed by atoms with Crippen LogP contribution in [0.4, 0.5) is 5.69 Å². The van der Waals surface area contributed by atoms with Crippen molar-refractivity contribution in [2.75, 3.05) is 12.4 Å². The number of amides is 1. The van der Waals surface area contributed by atoms with Crippen LogP contribution < -0.4 is 11.0 Å². The van der Waals surface area contributed by atoms with Gasteiger partial charge < -0.3 is 10.1 Å². The number of esters is 1. The molecule has 0 aliphatic rings.